The molecule has 1 aromatic heterocycles. The zero-order valence-corrected chi connectivity index (χ0v) is 13.0. The van der Waals surface area contributed by atoms with E-state index >= 15 is 0 Å². The van der Waals surface area contributed by atoms with Crippen molar-refractivity contribution in [3.63, 3.8) is 0 Å². The van der Waals surface area contributed by atoms with Gasteiger partial charge in [0.25, 0.3) is 5.91 Å². The Labute approximate surface area is 136 Å². The van der Waals surface area contributed by atoms with Gasteiger partial charge < -0.3 is 20.0 Å². The molecule has 0 bridgehead atoms. The molecular formula is C16H14ClN3O3. The fourth-order valence-corrected chi connectivity index (χ4v) is 2.45. The highest BCUT2D eigenvalue weighted by Crippen LogP contribution is 2.21. The fraction of sp³-hybridized carbons (Fsp3) is 0.125. The lowest BCUT2D eigenvalue weighted by atomic mass is 10.2. The number of imidazole rings is 1. The Bertz CT molecular complexity index is 930. The van der Waals surface area contributed by atoms with Crippen LogP contribution in [0, 0.1) is 6.92 Å². The third kappa shape index (κ3) is 3.54. The second-order valence-corrected chi connectivity index (χ2v) is 5.52. The van der Waals surface area contributed by atoms with E-state index in [1.54, 1.807) is 36.4 Å². The maximum Gasteiger partial charge on any atom is 0.323 e. The number of halogens is 1. The number of ether oxygens (including phenoxy) is 1. The Morgan fingerprint density at radius 2 is 1.96 bits per heavy atom. The number of hydrogen-bond acceptors (Lipinski definition) is 3. The van der Waals surface area contributed by atoms with Crippen molar-refractivity contribution in [1.29, 1.82) is 0 Å². The first-order valence-corrected chi connectivity index (χ1v) is 7.30. The number of benzene rings is 2. The van der Waals surface area contributed by atoms with Gasteiger partial charge in [-0.2, -0.15) is 0 Å². The van der Waals surface area contributed by atoms with Crippen LogP contribution in [0.25, 0.3) is 11.0 Å². The van der Waals surface area contributed by atoms with Crippen LogP contribution in [0.5, 0.6) is 5.75 Å². The average molecular weight is 332 g/mol. The highest BCUT2D eigenvalue weighted by Gasteiger charge is 2.07. The average Bonchev–Trinajstić information content (AvgIpc) is 2.85. The van der Waals surface area contributed by atoms with Crippen molar-refractivity contribution in [1.82, 2.24) is 9.97 Å². The van der Waals surface area contributed by atoms with E-state index in [1.807, 2.05) is 6.92 Å². The first-order valence-electron chi connectivity index (χ1n) is 6.92. The van der Waals surface area contributed by atoms with Gasteiger partial charge in [0.2, 0.25) is 0 Å². The Balaban J connectivity index is 1.64. The Kier molecular flexibility index (Phi) is 4.08. The summed E-state index contributed by atoms with van der Waals surface area (Å²) >= 11 is 5.87. The van der Waals surface area contributed by atoms with Crippen LogP contribution in [0.4, 0.5) is 5.69 Å². The fourth-order valence-electron chi connectivity index (χ4n) is 2.23. The Morgan fingerprint density at radius 1 is 1.17 bits per heavy atom. The summed E-state index contributed by atoms with van der Waals surface area (Å²) in [5.41, 5.74) is 2.46. The van der Waals surface area contributed by atoms with Gasteiger partial charge in [0.1, 0.15) is 5.75 Å². The third-order valence-corrected chi connectivity index (χ3v) is 3.53. The van der Waals surface area contributed by atoms with Crippen molar-refractivity contribution in [2.45, 2.75) is 6.92 Å². The highest BCUT2D eigenvalue weighted by atomic mass is 35.5. The number of aromatic nitrogens is 2. The van der Waals surface area contributed by atoms with Crippen LogP contribution < -0.4 is 15.7 Å². The SMILES string of the molecule is Cc1cc(Cl)ccc1OCC(=O)Nc1ccc2[nH]c(=O)[nH]c2c1. The van der Waals surface area contributed by atoms with Gasteiger partial charge in [0.05, 0.1) is 11.0 Å². The van der Waals surface area contributed by atoms with Gasteiger partial charge in [0, 0.05) is 10.7 Å². The number of carbonyl (C=O) groups is 1. The van der Waals surface area contributed by atoms with Crippen molar-refractivity contribution in [3.05, 3.63) is 57.5 Å². The molecule has 0 aliphatic rings. The Hall–Kier alpha value is -2.73. The van der Waals surface area contributed by atoms with E-state index in [1.165, 1.54) is 0 Å². The minimum Gasteiger partial charge on any atom is -0.483 e. The van der Waals surface area contributed by atoms with Crippen LogP contribution in [0.1, 0.15) is 5.56 Å². The van der Waals surface area contributed by atoms with Crippen LogP contribution in [0.2, 0.25) is 5.02 Å². The molecule has 6 nitrogen and oxygen atoms in total. The lowest BCUT2D eigenvalue weighted by Crippen LogP contribution is -2.20. The molecule has 0 radical (unpaired) electrons. The molecule has 1 amide bonds. The Morgan fingerprint density at radius 3 is 2.74 bits per heavy atom. The van der Waals surface area contributed by atoms with Gasteiger partial charge in [0.15, 0.2) is 6.61 Å². The lowest BCUT2D eigenvalue weighted by Gasteiger charge is -2.10. The summed E-state index contributed by atoms with van der Waals surface area (Å²) in [6.45, 7) is 1.74. The van der Waals surface area contributed by atoms with E-state index in [9.17, 15) is 9.59 Å². The summed E-state index contributed by atoms with van der Waals surface area (Å²) in [4.78, 5) is 28.4. The number of anilines is 1. The first kappa shape index (κ1) is 15.2. The van der Waals surface area contributed by atoms with E-state index in [0.717, 1.165) is 5.56 Å². The van der Waals surface area contributed by atoms with E-state index < -0.39 is 0 Å². The van der Waals surface area contributed by atoms with Gasteiger partial charge >= 0.3 is 5.69 Å². The standard InChI is InChI=1S/C16H14ClN3O3/c1-9-6-10(17)2-5-14(9)23-8-15(21)18-11-3-4-12-13(7-11)20-16(22)19-12/h2-7H,8H2,1H3,(H,18,21)(H2,19,20,22). The molecule has 0 fully saturated rings. The number of H-pyrrole nitrogens is 2. The van der Waals surface area contributed by atoms with Crippen LogP contribution >= 0.6 is 11.6 Å². The van der Waals surface area contributed by atoms with E-state index in [0.29, 0.717) is 27.5 Å². The summed E-state index contributed by atoms with van der Waals surface area (Å²) in [7, 11) is 0. The third-order valence-electron chi connectivity index (χ3n) is 3.30. The van der Waals surface area contributed by atoms with Gasteiger partial charge in [-0.3, -0.25) is 4.79 Å². The van der Waals surface area contributed by atoms with Crippen molar-refractivity contribution in [2.24, 2.45) is 0 Å². The summed E-state index contributed by atoms with van der Waals surface area (Å²) in [6, 6.07) is 10.3. The van der Waals surface area contributed by atoms with Crippen LogP contribution in [-0.4, -0.2) is 22.5 Å². The first-order chi connectivity index (χ1) is 11.0. The molecule has 0 atom stereocenters. The number of aromatic amines is 2. The highest BCUT2D eigenvalue weighted by molar-refractivity contribution is 6.30. The molecule has 7 heteroatoms. The molecule has 0 aliphatic heterocycles. The monoisotopic (exact) mass is 331 g/mol. The molecule has 3 rings (SSSR count). The van der Waals surface area contributed by atoms with E-state index in [4.69, 9.17) is 16.3 Å². The number of carbonyl (C=O) groups excluding carboxylic acids is 1. The van der Waals surface area contributed by atoms with Crippen molar-refractivity contribution < 1.29 is 9.53 Å². The van der Waals surface area contributed by atoms with Gasteiger partial charge in [-0.1, -0.05) is 11.6 Å². The molecule has 1 heterocycles. The minimum absolute atomic E-state index is 0.121. The van der Waals surface area contributed by atoms with Crippen molar-refractivity contribution in [2.75, 3.05) is 11.9 Å². The minimum atomic E-state index is -0.295. The van der Waals surface area contributed by atoms with E-state index in [-0.39, 0.29) is 18.2 Å². The predicted molar refractivity (Wildman–Crippen MR) is 89.2 cm³/mol. The zero-order chi connectivity index (χ0) is 16.4. The largest absolute Gasteiger partial charge is 0.483 e. The maximum absolute atomic E-state index is 12.0. The second-order valence-electron chi connectivity index (χ2n) is 5.09. The molecule has 2 aromatic carbocycles. The lowest BCUT2D eigenvalue weighted by molar-refractivity contribution is -0.118. The molecule has 0 unspecified atom stereocenters. The van der Waals surface area contributed by atoms with Crippen LogP contribution in [0.3, 0.4) is 0 Å². The predicted octanol–water partition coefficient (Wildman–Crippen LogP) is 2.84. The summed E-state index contributed by atoms with van der Waals surface area (Å²) < 4.78 is 5.48. The van der Waals surface area contributed by atoms with Crippen molar-refractivity contribution in [3.8, 4) is 5.75 Å². The van der Waals surface area contributed by atoms with Crippen LogP contribution in [0.15, 0.2) is 41.2 Å². The summed E-state index contributed by atoms with van der Waals surface area (Å²) in [6.07, 6.45) is 0. The normalized spacial score (nSPS) is 10.7. The summed E-state index contributed by atoms with van der Waals surface area (Å²) in [5, 5.41) is 3.34. The van der Waals surface area contributed by atoms with E-state index in [2.05, 4.69) is 15.3 Å². The quantitative estimate of drug-likeness (QED) is 0.687. The van der Waals surface area contributed by atoms with Gasteiger partial charge in [-0.05, 0) is 48.9 Å². The number of aryl methyl sites for hydroxylation is 1. The van der Waals surface area contributed by atoms with Crippen molar-refractivity contribution >= 4 is 34.2 Å². The molecule has 0 spiro atoms. The zero-order valence-electron chi connectivity index (χ0n) is 12.3. The molecule has 118 valence electrons. The number of fused-ring (bicyclic) bond motifs is 1. The molecular weight excluding hydrogens is 318 g/mol. The van der Waals surface area contributed by atoms with Crippen LogP contribution in [-0.2, 0) is 4.79 Å². The number of nitrogens with one attached hydrogen (secondary N) is 3. The maximum atomic E-state index is 12.0. The smallest absolute Gasteiger partial charge is 0.323 e. The number of rotatable bonds is 4. The second kappa shape index (κ2) is 6.18. The number of hydrogen-bond donors (Lipinski definition) is 3. The van der Waals surface area contributed by atoms with Gasteiger partial charge in [-0.25, -0.2) is 4.79 Å². The topological polar surface area (TPSA) is 87.0 Å². The molecule has 0 aliphatic carbocycles. The molecule has 0 saturated heterocycles. The number of amides is 1. The summed E-state index contributed by atoms with van der Waals surface area (Å²) in [5.74, 6) is 0.312. The molecule has 3 N–H and O–H groups in total. The van der Waals surface area contributed by atoms with Gasteiger partial charge in [-0.15, -0.1) is 0 Å². The molecule has 0 saturated carbocycles. The molecule has 23 heavy (non-hydrogen) atoms. The molecule has 3 aromatic rings.